The quantitative estimate of drug-likeness (QED) is 0.592. The van der Waals surface area contributed by atoms with E-state index in [0.717, 1.165) is 60.1 Å². The Kier molecular flexibility index (Phi) is 6.77. The fraction of sp³-hybridized carbons (Fsp3) is 0.429. The third-order valence-electron chi connectivity index (χ3n) is 7.09. The average Bonchev–Trinajstić information content (AvgIpc) is 3.46. The van der Waals surface area contributed by atoms with Crippen LogP contribution in [-0.2, 0) is 28.9 Å². The van der Waals surface area contributed by atoms with E-state index in [2.05, 4.69) is 11.4 Å². The number of nitrogens with one attached hydrogen (secondary N) is 1. The van der Waals surface area contributed by atoms with Gasteiger partial charge in [0, 0.05) is 36.4 Å². The van der Waals surface area contributed by atoms with Gasteiger partial charge >= 0.3 is 0 Å². The van der Waals surface area contributed by atoms with Crippen LogP contribution in [0.2, 0.25) is 0 Å². The molecule has 3 aromatic rings. The summed E-state index contributed by atoms with van der Waals surface area (Å²) < 4.78 is 12.2. The van der Waals surface area contributed by atoms with E-state index in [-0.39, 0.29) is 17.9 Å². The Bertz CT molecular complexity index is 1200. The molecule has 0 saturated carbocycles. The summed E-state index contributed by atoms with van der Waals surface area (Å²) >= 11 is 0. The number of fused-ring (bicyclic) bond motifs is 8. The molecule has 1 saturated heterocycles. The number of nitrogens with two attached hydrogens (primary N) is 1. The second kappa shape index (κ2) is 10.1. The maximum Gasteiger partial charge on any atom is 0.245 e. The first-order chi connectivity index (χ1) is 17.0. The van der Waals surface area contributed by atoms with Gasteiger partial charge in [0.05, 0.1) is 12.6 Å². The van der Waals surface area contributed by atoms with E-state index in [4.69, 9.17) is 14.9 Å². The van der Waals surface area contributed by atoms with Crippen molar-refractivity contribution in [2.75, 3.05) is 13.2 Å². The molecule has 0 radical (unpaired) electrons. The number of rotatable bonds is 2. The Morgan fingerprint density at radius 1 is 1.11 bits per heavy atom. The van der Waals surface area contributed by atoms with Crippen molar-refractivity contribution in [1.82, 2.24) is 10.2 Å². The number of ether oxygens (including phenoxy) is 1. The van der Waals surface area contributed by atoms with Crippen molar-refractivity contribution in [3.8, 4) is 5.75 Å². The maximum atomic E-state index is 13.8. The predicted octanol–water partition coefficient (Wildman–Crippen LogP) is 3.37. The molecule has 6 rings (SSSR count). The Labute approximate surface area is 205 Å². The number of aryl methyl sites for hydroxylation is 1. The Hall–Kier alpha value is -3.32. The Morgan fingerprint density at radius 3 is 2.71 bits per heavy atom. The van der Waals surface area contributed by atoms with Crippen molar-refractivity contribution in [3.63, 3.8) is 0 Å². The molecule has 0 aliphatic carbocycles. The first kappa shape index (κ1) is 23.4. The lowest BCUT2D eigenvalue weighted by molar-refractivity contribution is -0.137. The van der Waals surface area contributed by atoms with Crippen molar-refractivity contribution in [2.24, 2.45) is 5.73 Å². The third kappa shape index (κ3) is 5.05. The van der Waals surface area contributed by atoms with Gasteiger partial charge in [-0.3, -0.25) is 9.59 Å². The highest BCUT2D eigenvalue weighted by molar-refractivity contribution is 5.90. The number of carbonyl (C=O) groups excluding carboxylic acids is 2. The fourth-order valence-corrected chi connectivity index (χ4v) is 5.23. The zero-order valence-electron chi connectivity index (χ0n) is 20.2. The molecule has 3 aliphatic rings. The first-order valence-electron chi connectivity index (χ1n) is 12.6. The number of furan rings is 1. The standard InChI is InChI=1S/C28H33N3O4/c1-18(29)27(32)30-24-16-19-10-12-21(13-11-19)34-15-5-9-26-23(22-7-2-3-8-25(22)35-26)17-20-6-4-14-31(20)28(24)33/h2-3,7-8,10-13,18,20,24H,4-6,9,14-17,29H2,1H3,(H,30,32)/t18-,20-,24-/m0/s1. The van der Waals surface area contributed by atoms with E-state index in [1.807, 2.05) is 47.4 Å². The Morgan fingerprint density at radius 2 is 1.91 bits per heavy atom. The van der Waals surface area contributed by atoms with Gasteiger partial charge < -0.3 is 25.1 Å². The maximum absolute atomic E-state index is 13.8. The number of para-hydroxylation sites is 1. The van der Waals surface area contributed by atoms with Gasteiger partial charge in [-0.05, 0) is 56.4 Å². The number of benzene rings is 2. The number of hydrogen-bond acceptors (Lipinski definition) is 5. The van der Waals surface area contributed by atoms with Crippen molar-refractivity contribution in [3.05, 3.63) is 65.4 Å². The van der Waals surface area contributed by atoms with Gasteiger partial charge in [-0.15, -0.1) is 0 Å². The topological polar surface area (TPSA) is 97.8 Å². The van der Waals surface area contributed by atoms with E-state index in [1.54, 1.807) is 6.92 Å². The van der Waals surface area contributed by atoms with Gasteiger partial charge in [-0.1, -0.05) is 30.3 Å². The van der Waals surface area contributed by atoms with Crippen molar-refractivity contribution >= 4 is 22.8 Å². The molecule has 35 heavy (non-hydrogen) atoms. The minimum Gasteiger partial charge on any atom is -0.494 e. The molecule has 7 nitrogen and oxygen atoms in total. The van der Waals surface area contributed by atoms with Gasteiger partial charge in [-0.2, -0.15) is 0 Å². The van der Waals surface area contributed by atoms with E-state index < -0.39 is 12.1 Å². The molecule has 3 atom stereocenters. The molecule has 7 heteroatoms. The lowest BCUT2D eigenvalue weighted by Crippen LogP contribution is -2.54. The van der Waals surface area contributed by atoms with E-state index in [0.29, 0.717) is 19.6 Å². The Balaban J connectivity index is 1.51. The molecular formula is C28H33N3O4. The lowest BCUT2D eigenvalue weighted by atomic mass is 9.98. The summed E-state index contributed by atoms with van der Waals surface area (Å²) in [6, 6.07) is 14.6. The SMILES string of the molecule is C[C@H](N)C(=O)N[C@H]1Cc2ccc(cc2)OCCCc2oc3ccccc3c2C[C@@H]2CCCN2C1=O. The van der Waals surface area contributed by atoms with Crippen molar-refractivity contribution < 1.29 is 18.7 Å². The predicted molar refractivity (Wildman–Crippen MR) is 134 cm³/mol. The van der Waals surface area contributed by atoms with Crippen LogP contribution in [0.4, 0.5) is 0 Å². The summed E-state index contributed by atoms with van der Waals surface area (Å²) in [6.45, 7) is 2.91. The number of hydrogen-bond donors (Lipinski definition) is 2. The molecule has 2 amide bonds. The molecule has 4 heterocycles. The van der Waals surface area contributed by atoms with Gasteiger partial charge in [0.15, 0.2) is 0 Å². The highest BCUT2D eigenvalue weighted by Gasteiger charge is 2.35. The number of amides is 2. The molecule has 1 fully saturated rings. The molecule has 0 spiro atoms. The second-order valence-electron chi connectivity index (χ2n) is 9.68. The van der Waals surface area contributed by atoms with Crippen LogP contribution in [-0.4, -0.2) is 48.0 Å². The van der Waals surface area contributed by atoms with Gasteiger partial charge in [0.25, 0.3) is 0 Å². The lowest BCUT2D eigenvalue weighted by Gasteiger charge is -2.30. The monoisotopic (exact) mass is 475 g/mol. The van der Waals surface area contributed by atoms with E-state index >= 15 is 0 Å². The molecule has 2 bridgehead atoms. The minimum atomic E-state index is -0.687. The van der Waals surface area contributed by atoms with Crippen LogP contribution in [0.25, 0.3) is 11.0 Å². The third-order valence-corrected chi connectivity index (χ3v) is 7.09. The molecule has 2 aromatic carbocycles. The first-order valence-corrected chi connectivity index (χ1v) is 12.6. The van der Waals surface area contributed by atoms with E-state index in [1.165, 1.54) is 5.56 Å². The van der Waals surface area contributed by atoms with Crippen molar-refractivity contribution in [1.29, 1.82) is 0 Å². The van der Waals surface area contributed by atoms with Crippen LogP contribution in [0.5, 0.6) is 5.75 Å². The highest BCUT2D eigenvalue weighted by atomic mass is 16.5. The van der Waals surface area contributed by atoms with Crippen LogP contribution in [0, 0.1) is 0 Å². The molecular weight excluding hydrogens is 442 g/mol. The summed E-state index contributed by atoms with van der Waals surface area (Å²) in [4.78, 5) is 28.3. The minimum absolute atomic E-state index is 0.0525. The number of carbonyl (C=O) groups is 2. The van der Waals surface area contributed by atoms with Crippen molar-refractivity contribution in [2.45, 2.75) is 63.6 Å². The second-order valence-corrected chi connectivity index (χ2v) is 9.68. The van der Waals surface area contributed by atoms with Gasteiger partial charge in [-0.25, -0.2) is 0 Å². The highest BCUT2D eigenvalue weighted by Crippen LogP contribution is 2.32. The van der Waals surface area contributed by atoms with Gasteiger partial charge in [0.1, 0.15) is 23.1 Å². The van der Waals surface area contributed by atoms with Crippen LogP contribution in [0.15, 0.2) is 52.9 Å². The normalized spacial score (nSPS) is 21.9. The van der Waals surface area contributed by atoms with Crippen LogP contribution in [0.1, 0.15) is 43.1 Å². The zero-order chi connectivity index (χ0) is 24.4. The summed E-state index contributed by atoms with van der Waals surface area (Å²) in [6.07, 6.45) is 4.62. The van der Waals surface area contributed by atoms with E-state index in [9.17, 15) is 9.59 Å². The summed E-state index contributed by atoms with van der Waals surface area (Å²) in [7, 11) is 0. The zero-order valence-corrected chi connectivity index (χ0v) is 20.2. The van der Waals surface area contributed by atoms with Crippen LogP contribution in [0.3, 0.4) is 0 Å². The van der Waals surface area contributed by atoms with Crippen LogP contribution >= 0.6 is 0 Å². The smallest absolute Gasteiger partial charge is 0.245 e. The van der Waals surface area contributed by atoms with Gasteiger partial charge in [0.2, 0.25) is 11.8 Å². The number of nitrogens with zero attached hydrogens (tertiary/aromatic N) is 1. The summed E-state index contributed by atoms with van der Waals surface area (Å²) in [5.41, 5.74) is 8.84. The molecule has 3 N–H and O–H groups in total. The fourth-order valence-electron chi connectivity index (χ4n) is 5.23. The molecule has 0 unspecified atom stereocenters. The molecule has 184 valence electrons. The van der Waals surface area contributed by atoms with Crippen LogP contribution < -0.4 is 15.8 Å². The molecule has 3 aliphatic heterocycles. The largest absolute Gasteiger partial charge is 0.494 e. The summed E-state index contributed by atoms with van der Waals surface area (Å²) in [5.74, 6) is 1.38. The summed E-state index contributed by atoms with van der Waals surface area (Å²) in [5, 5.41) is 4.02. The molecule has 1 aromatic heterocycles. The average molecular weight is 476 g/mol.